The summed E-state index contributed by atoms with van der Waals surface area (Å²) < 4.78 is 11.5. The molecule has 3 saturated heterocycles. The van der Waals surface area contributed by atoms with E-state index in [4.69, 9.17) is 20.2 Å². The van der Waals surface area contributed by atoms with Gasteiger partial charge in [-0.3, -0.25) is 14.7 Å². The number of primary amides is 1. The molecule has 2 N–H and O–H groups in total. The number of carbonyl (C=O) groups excluding carboxylic acids is 2. The predicted octanol–water partition coefficient (Wildman–Crippen LogP) is 6.15. The van der Waals surface area contributed by atoms with Crippen molar-refractivity contribution in [1.82, 2.24) is 19.7 Å². The summed E-state index contributed by atoms with van der Waals surface area (Å²) in [5.41, 5.74) is 8.30. The monoisotopic (exact) mass is 637 g/mol. The Bertz CT molecular complexity index is 1560. The van der Waals surface area contributed by atoms with Crippen LogP contribution < -0.4 is 10.5 Å². The maximum atomic E-state index is 12.4. The van der Waals surface area contributed by atoms with Gasteiger partial charge in [0.2, 0.25) is 0 Å². The number of carbonyl (C=O) groups is 2. The molecular formula is C38H47N5O4. The molecule has 47 heavy (non-hydrogen) atoms. The summed E-state index contributed by atoms with van der Waals surface area (Å²) in [7, 11) is 0. The molecule has 3 atom stereocenters. The first-order valence-electron chi connectivity index (χ1n) is 17.2. The van der Waals surface area contributed by atoms with Gasteiger partial charge in [-0.1, -0.05) is 18.2 Å². The number of hydrogen-bond donors (Lipinski definition) is 1. The summed E-state index contributed by atoms with van der Waals surface area (Å²) in [6.07, 6.45) is 4.48. The number of amides is 2. The molecule has 3 aromatic rings. The van der Waals surface area contributed by atoms with Gasteiger partial charge in [0.15, 0.2) is 0 Å². The highest BCUT2D eigenvalue weighted by Gasteiger charge is 2.47. The molecule has 4 aliphatic rings. The lowest BCUT2D eigenvalue weighted by Gasteiger charge is -2.44. The number of nitrogens with zero attached hydrogens (tertiary/aromatic N) is 4. The van der Waals surface area contributed by atoms with Gasteiger partial charge in [-0.25, -0.2) is 4.79 Å². The van der Waals surface area contributed by atoms with Gasteiger partial charge in [0.05, 0.1) is 11.3 Å². The Labute approximate surface area is 278 Å². The zero-order valence-corrected chi connectivity index (χ0v) is 27.8. The van der Waals surface area contributed by atoms with Crippen LogP contribution in [0.3, 0.4) is 0 Å². The Hall–Kier alpha value is -3.95. The number of benzene rings is 2. The van der Waals surface area contributed by atoms with Gasteiger partial charge in [0.25, 0.3) is 5.91 Å². The number of likely N-dealkylation sites (tertiary alicyclic amines) is 3. The number of hydrogen-bond acceptors (Lipinski definition) is 7. The number of fused-ring (bicyclic) bond motifs is 1. The van der Waals surface area contributed by atoms with Crippen molar-refractivity contribution in [3.8, 4) is 22.8 Å². The second kappa shape index (κ2) is 12.9. The molecule has 9 nitrogen and oxygen atoms in total. The Morgan fingerprint density at radius 1 is 0.787 bits per heavy atom. The van der Waals surface area contributed by atoms with E-state index in [1.54, 1.807) is 0 Å². The second-order valence-corrected chi connectivity index (χ2v) is 14.9. The van der Waals surface area contributed by atoms with Crippen molar-refractivity contribution in [3.63, 3.8) is 0 Å². The summed E-state index contributed by atoms with van der Waals surface area (Å²) in [5, 5.41) is 0. The molecule has 1 aliphatic carbocycles. The molecule has 3 aliphatic heterocycles. The topological polar surface area (TPSA) is 101 Å². The van der Waals surface area contributed by atoms with E-state index in [0.29, 0.717) is 29.3 Å². The first-order valence-corrected chi connectivity index (χ1v) is 17.2. The summed E-state index contributed by atoms with van der Waals surface area (Å²) in [6, 6.07) is 22.3. The minimum absolute atomic E-state index is 0.185. The van der Waals surface area contributed by atoms with Crippen molar-refractivity contribution in [1.29, 1.82) is 0 Å². The number of nitrogens with two attached hydrogens (primary N) is 1. The third-order valence-electron chi connectivity index (χ3n) is 10.5. The lowest BCUT2D eigenvalue weighted by molar-refractivity contribution is -0.0129. The van der Waals surface area contributed by atoms with Crippen molar-refractivity contribution in [3.05, 3.63) is 78.0 Å². The van der Waals surface area contributed by atoms with Crippen LogP contribution >= 0.6 is 0 Å². The average molecular weight is 638 g/mol. The third kappa shape index (κ3) is 7.02. The average Bonchev–Trinajstić information content (AvgIpc) is 3.60. The Morgan fingerprint density at radius 2 is 1.43 bits per heavy atom. The molecule has 0 bridgehead atoms. The number of rotatable bonds is 7. The minimum Gasteiger partial charge on any atom is -0.457 e. The van der Waals surface area contributed by atoms with Crippen LogP contribution in [0.1, 0.15) is 68.4 Å². The molecule has 248 valence electrons. The van der Waals surface area contributed by atoms with Gasteiger partial charge in [-0.2, -0.15) is 0 Å². The first kappa shape index (κ1) is 31.6. The smallest absolute Gasteiger partial charge is 0.410 e. The first-order chi connectivity index (χ1) is 22.6. The summed E-state index contributed by atoms with van der Waals surface area (Å²) in [5.74, 6) is 2.89. The highest BCUT2D eigenvalue weighted by Crippen LogP contribution is 2.43. The van der Waals surface area contributed by atoms with E-state index in [0.717, 1.165) is 86.7 Å². The Kier molecular flexibility index (Phi) is 8.70. The van der Waals surface area contributed by atoms with E-state index >= 15 is 0 Å². The normalized spacial score (nSPS) is 24.1. The largest absolute Gasteiger partial charge is 0.457 e. The van der Waals surface area contributed by atoms with E-state index < -0.39 is 11.5 Å². The molecule has 4 fully saturated rings. The number of aromatic nitrogens is 1. The van der Waals surface area contributed by atoms with Crippen LogP contribution in [0.4, 0.5) is 4.79 Å². The lowest BCUT2D eigenvalue weighted by atomic mass is 9.90. The van der Waals surface area contributed by atoms with E-state index in [1.165, 1.54) is 12.8 Å². The minimum atomic E-state index is -0.471. The number of para-hydroxylation sites is 1. The van der Waals surface area contributed by atoms with Crippen LogP contribution in [0.25, 0.3) is 11.3 Å². The molecular weight excluding hydrogens is 590 g/mol. The lowest BCUT2D eigenvalue weighted by Crippen LogP contribution is -2.61. The van der Waals surface area contributed by atoms with Gasteiger partial charge in [0.1, 0.15) is 17.1 Å². The van der Waals surface area contributed by atoms with Crippen LogP contribution in [0.5, 0.6) is 11.5 Å². The number of piperidine rings is 1. The highest BCUT2D eigenvalue weighted by molar-refractivity contribution is 5.98. The van der Waals surface area contributed by atoms with Crippen LogP contribution in [0, 0.1) is 11.8 Å². The van der Waals surface area contributed by atoms with Crippen molar-refractivity contribution in [2.75, 3.05) is 39.3 Å². The van der Waals surface area contributed by atoms with Gasteiger partial charge in [0, 0.05) is 55.4 Å². The van der Waals surface area contributed by atoms with Crippen LogP contribution in [0.15, 0.2) is 66.7 Å². The molecule has 9 heteroatoms. The summed E-state index contributed by atoms with van der Waals surface area (Å²) >= 11 is 0. The Morgan fingerprint density at radius 3 is 2.04 bits per heavy atom. The van der Waals surface area contributed by atoms with Crippen molar-refractivity contribution >= 4 is 12.0 Å². The SMILES string of the molecule is CC(C)(C)OC(=O)N1CC(N2C[C@H]3CC(N4CCC(c5ccc(C(N)=O)c(-c6ccc(Oc7ccccc7)cc6)n5)CC4)C[C@H]3C2)C1. The highest BCUT2D eigenvalue weighted by atomic mass is 16.6. The van der Waals surface area contributed by atoms with Gasteiger partial charge < -0.3 is 25.0 Å². The van der Waals surface area contributed by atoms with Crippen molar-refractivity contribution < 1.29 is 19.1 Å². The van der Waals surface area contributed by atoms with Gasteiger partial charge >= 0.3 is 6.09 Å². The van der Waals surface area contributed by atoms with E-state index in [2.05, 4.69) is 9.80 Å². The number of pyridine rings is 1. The molecule has 4 heterocycles. The van der Waals surface area contributed by atoms with E-state index in [-0.39, 0.29) is 6.09 Å². The van der Waals surface area contributed by atoms with Crippen LogP contribution in [-0.4, -0.2) is 88.6 Å². The predicted molar refractivity (Wildman–Crippen MR) is 181 cm³/mol. The van der Waals surface area contributed by atoms with E-state index in [9.17, 15) is 9.59 Å². The molecule has 1 saturated carbocycles. The molecule has 0 radical (unpaired) electrons. The van der Waals surface area contributed by atoms with Crippen LogP contribution in [0.2, 0.25) is 0 Å². The van der Waals surface area contributed by atoms with Crippen molar-refractivity contribution in [2.24, 2.45) is 17.6 Å². The van der Waals surface area contributed by atoms with Gasteiger partial charge in [-0.05, 0) is 120 Å². The maximum absolute atomic E-state index is 12.4. The molecule has 1 aromatic heterocycles. The standard InChI is InChI=1S/C38H47N5O4/c1-38(2,3)47-37(45)43-23-30(24-43)42-21-27-19-29(20-28(27)22-42)41-17-15-25(16-18-41)34-14-13-33(36(39)44)35(40-34)26-9-11-32(12-10-26)46-31-7-5-4-6-8-31/h4-14,25,27-30H,15-24H2,1-3H3,(H2,39,44)/t27-,28+,29?. The fourth-order valence-corrected chi connectivity index (χ4v) is 8.05. The van der Waals surface area contributed by atoms with Gasteiger partial charge in [-0.15, -0.1) is 0 Å². The quantitative estimate of drug-likeness (QED) is 0.332. The van der Waals surface area contributed by atoms with Crippen LogP contribution in [-0.2, 0) is 4.74 Å². The van der Waals surface area contributed by atoms with E-state index in [1.807, 2.05) is 92.4 Å². The fourth-order valence-electron chi connectivity index (χ4n) is 8.05. The molecule has 2 aromatic carbocycles. The number of ether oxygens (including phenoxy) is 2. The Balaban J connectivity index is 0.920. The fraction of sp³-hybridized carbons (Fsp3) is 0.500. The zero-order chi connectivity index (χ0) is 32.7. The second-order valence-electron chi connectivity index (χ2n) is 14.9. The zero-order valence-electron chi connectivity index (χ0n) is 27.8. The maximum Gasteiger partial charge on any atom is 0.410 e. The van der Waals surface area contributed by atoms with Crippen molar-refractivity contribution in [2.45, 2.75) is 70.1 Å². The molecule has 2 amide bonds. The third-order valence-corrected chi connectivity index (χ3v) is 10.5. The summed E-state index contributed by atoms with van der Waals surface area (Å²) in [6.45, 7) is 11.8. The molecule has 7 rings (SSSR count). The summed E-state index contributed by atoms with van der Waals surface area (Å²) in [4.78, 5) is 37.0. The molecule has 0 spiro atoms. The molecule has 1 unspecified atom stereocenters.